The van der Waals surface area contributed by atoms with Crippen molar-refractivity contribution in [2.45, 2.75) is 64.6 Å². The first-order valence-electron chi connectivity index (χ1n) is 11.2. The molecule has 32 heavy (non-hydrogen) atoms. The Morgan fingerprint density at radius 2 is 1.78 bits per heavy atom. The smallest absolute Gasteiger partial charge is 0.347 e. The largest absolute Gasteiger partial charge is 0.479 e. The monoisotopic (exact) mass is 436 g/mol. The second-order valence-electron chi connectivity index (χ2n) is 8.14. The van der Waals surface area contributed by atoms with Gasteiger partial charge in [-0.3, -0.25) is 4.79 Å². The highest BCUT2D eigenvalue weighted by atomic mass is 16.6. The Balaban J connectivity index is 1.45. The van der Waals surface area contributed by atoms with Crippen LogP contribution in [0.2, 0.25) is 0 Å². The molecule has 0 unspecified atom stereocenters. The van der Waals surface area contributed by atoms with E-state index in [0.29, 0.717) is 22.5 Å². The fraction of sp³-hybridized carbons (Fsp3) is 0.385. The van der Waals surface area contributed by atoms with E-state index >= 15 is 0 Å². The SMILES string of the molecule is CCc1ccc(Oc2coc3cc(O[C@@H](C)C(=O)OC4CCCCC4)ccc3c2=O)cc1. The fourth-order valence-corrected chi connectivity index (χ4v) is 3.85. The Kier molecular flexibility index (Phi) is 6.78. The van der Waals surface area contributed by atoms with Crippen molar-refractivity contribution < 1.29 is 23.4 Å². The third-order valence-corrected chi connectivity index (χ3v) is 5.75. The maximum Gasteiger partial charge on any atom is 0.347 e. The standard InChI is InChI=1S/C26H28O6/c1-3-18-9-11-20(12-10-18)31-24-16-29-23-15-21(13-14-22(23)25(24)27)30-17(2)26(28)32-19-7-5-4-6-8-19/h9-17,19H,3-8H2,1-2H3/t17-/m0/s1. The lowest BCUT2D eigenvalue weighted by atomic mass is 9.98. The van der Waals surface area contributed by atoms with Gasteiger partial charge in [-0.25, -0.2) is 4.79 Å². The Morgan fingerprint density at radius 1 is 1.06 bits per heavy atom. The van der Waals surface area contributed by atoms with Gasteiger partial charge in [0.2, 0.25) is 11.2 Å². The number of benzene rings is 2. The number of carbonyl (C=O) groups is 1. The zero-order valence-corrected chi connectivity index (χ0v) is 18.5. The van der Waals surface area contributed by atoms with E-state index in [1.807, 2.05) is 24.3 Å². The lowest BCUT2D eigenvalue weighted by Gasteiger charge is -2.23. The van der Waals surface area contributed by atoms with Gasteiger partial charge in [0.05, 0.1) is 5.39 Å². The summed E-state index contributed by atoms with van der Waals surface area (Å²) >= 11 is 0. The molecule has 0 spiro atoms. The zero-order valence-electron chi connectivity index (χ0n) is 18.5. The van der Waals surface area contributed by atoms with Crippen molar-refractivity contribution in [1.82, 2.24) is 0 Å². The van der Waals surface area contributed by atoms with Crippen LogP contribution in [-0.2, 0) is 16.0 Å². The number of hydrogen-bond donors (Lipinski definition) is 0. The van der Waals surface area contributed by atoms with Gasteiger partial charge in [-0.15, -0.1) is 0 Å². The van der Waals surface area contributed by atoms with Crippen LogP contribution in [0.5, 0.6) is 17.2 Å². The maximum atomic E-state index is 12.8. The van der Waals surface area contributed by atoms with Crippen LogP contribution < -0.4 is 14.9 Å². The molecule has 4 rings (SSSR count). The zero-order chi connectivity index (χ0) is 22.5. The van der Waals surface area contributed by atoms with Crippen LogP contribution in [0.15, 0.2) is 57.9 Å². The van der Waals surface area contributed by atoms with E-state index in [1.54, 1.807) is 25.1 Å². The molecule has 0 radical (unpaired) electrons. The second-order valence-corrected chi connectivity index (χ2v) is 8.14. The summed E-state index contributed by atoms with van der Waals surface area (Å²) < 4.78 is 22.7. The van der Waals surface area contributed by atoms with Crippen molar-refractivity contribution in [3.63, 3.8) is 0 Å². The highest BCUT2D eigenvalue weighted by Crippen LogP contribution is 2.26. The number of hydrogen-bond acceptors (Lipinski definition) is 6. The minimum atomic E-state index is -0.755. The first-order valence-corrected chi connectivity index (χ1v) is 11.2. The molecule has 1 aliphatic rings. The van der Waals surface area contributed by atoms with E-state index in [1.165, 1.54) is 18.2 Å². The van der Waals surface area contributed by atoms with Crippen LogP contribution in [0.1, 0.15) is 51.5 Å². The van der Waals surface area contributed by atoms with Gasteiger partial charge in [0.15, 0.2) is 6.10 Å². The molecule has 3 aromatic rings. The molecule has 0 aliphatic heterocycles. The molecule has 1 fully saturated rings. The molecule has 0 bridgehead atoms. The van der Waals surface area contributed by atoms with Gasteiger partial charge in [0.1, 0.15) is 29.4 Å². The van der Waals surface area contributed by atoms with Crippen LogP contribution in [-0.4, -0.2) is 18.2 Å². The van der Waals surface area contributed by atoms with E-state index in [0.717, 1.165) is 32.1 Å². The Morgan fingerprint density at radius 3 is 2.50 bits per heavy atom. The lowest BCUT2D eigenvalue weighted by Crippen LogP contribution is -2.31. The molecule has 1 saturated carbocycles. The van der Waals surface area contributed by atoms with E-state index in [-0.39, 0.29) is 23.3 Å². The molecule has 1 aromatic heterocycles. The van der Waals surface area contributed by atoms with Gasteiger partial charge in [0.25, 0.3) is 0 Å². The van der Waals surface area contributed by atoms with E-state index in [4.69, 9.17) is 18.6 Å². The number of ether oxygens (including phenoxy) is 3. The number of aryl methyl sites for hydroxylation is 1. The molecular formula is C26H28O6. The average molecular weight is 437 g/mol. The Hall–Kier alpha value is -3.28. The fourth-order valence-electron chi connectivity index (χ4n) is 3.85. The van der Waals surface area contributed by atoms with Crippen LogP contribution >= 0.6 is 0 Å². The van der Waals surface area contributed by atoms with Crippen molar-refractivity contribution in [1.29, 1.82) is 0 Å². The average Bonchev–Trinajstić information content (AvgIpc) is 2.82. The summed E-state index contributed by atoms with van der Waals surface area (Å²) in [6.07, 6.45) is 6.64. The topological polar surface area (TPSA) is 75.0 Å². The summed E-state index contributed by atoms with van der Waals surface area (Å²) in [5.41, 5.74) is 1.27. The van der Waals surface area contributed by atoms with Crippen molar-refractivity contribution in [3.05, 3.63) is 64.5 Å². The summed E-state index contributed by atoms with van der Waals surface area (Å²) in [6.45, 7) is 3.73. The van der Waals surface area contributed by atoms with Crippen molar-refractivity contribution in [3.8, 4) is 17.2 Å². The number of carbonyl (C=O) groups excluding carboxylic acids is 1. The third-order valence-electron chi connectivity index (χ3n) is 5.75. The molecule has 2 aromatic carbocycles. The molecule has 168 valence electrons. The number of fused-ring (bicyclic) bond motifs is 1. The number of esters is 1. The van der Waals surface area contributed by atoms with E-state index in [2.05, 4.69) is 6.92 Å². The van der Waals surface area contributed by atoms with Gasteiger partial charge < -0.3 is 18.6 Å². The predicted octanol–water partition coefficient (Wildman–Crippen LogP) is 5.79. The summed E-state index contributed by atoms with van der Waals surface area (Å²) in [6, 6.07) is 12.4. The van der Waals surface area contributed by atoms with Gasteiger partial charge in [0, 0.05) is 6.07 Å². The molecule has 6 heteroatoms. The summed E-state index contributed by atoms with van der Waals surface area (Å²) in [5, 5.41) is 0.373. The molecular weight excluding hydrogens is 408 g/mol. The van der Waals surface area contributed by atoms with Crippen LogP contribution in [0, 0.1) is 0 Å². The molecule has 0 N–H and O–H groups in total. The number of rotatable bonds is 7. The second kappa shape index (κ2) is 9.90. The Bertz CT molecular complexity index is 1130. The molecule has 1 atom stereocenters. The molecule has 0 amide bonds. The van der Waals surface area contributed by atoms with E-state index in [9.17, 15) is 9.59 Å². The van der Waals surface area contributed by atoms with Crippen molar-refractivity contribution in [2.24, 2.45) is 0 Å². The predicted molar refractivity (Wildman–Crippen MR) is 121 cm³/mol. The minimum absolute atomic E-state index is 0.0199. The van der Waals surface area contributed by atoms with Crippen LogP contribution in [0.4, 0.5) is 0 Å². The quantitative estimate of drug-likeness (QED) is 0.436. The van der Waals surface area contributed by atoms with Crippen LogP contribution in [0.3, 0.4) is 0 Å². The van der Waals surface area contributed by atoms with Gasteiger partial charge in [-0.1, -0.05) is 25.5 Å². The van der Waals surface area contributed by atoms with Gasteiger partial charge in [-0.05, 0) is 68.9 Å². The van der Waals surface area contributed by atoms with Crippen LogP contribution in [0.25, 0.3) is 11.0 Å². The van der Waals surface area contributed by atoms with Crippen molar-refractivity contribution in [2.75, 3.05) is 0 Å². The third kappa shape index (κ3) is 5.13. The summed E-state index contributed by atoms with van der Waals surface area (Å²) in [4.78, 5) is 25.2. The highest BCUT2D eigenvalue weighted by Gasteiger charge is 2.23. The lowest BCUT2D eigenvalue weighted by molar-refractivity contribution is -0.158. The minimum Gasteiger partial charge on any atom is -0.479 e. The van der Waals surface area contributed by atoms with Gasteiger partial charge >= 0.3 is 5.97 Å². The molecule has 0 saturated heterocycles. The molecule has 1 aliphatic carbocycles. The first kappa shape index (κ1) is 21.9. The maximum absolute atomic E-state index is 12.8. The Labute approximate surface area is 187 Å². The molecule has 6 nitrogen and oxygen atoms in total. The van der Waals surface area contributed by atoms with E-state index < -0.39 is 6.10 Å². The first-order chi connectivity index (χ1) is 15.5. The summed E-state index contributed by atoms with van der Waals surface area (Å²) in [5.74, 6) is 0.729. The highest BCUT2D eigenvalue weighted by molar-refractivity contribution is 5.79. The summed E-state index contributed by atoms with van der Waals surface area (Å²) in [7, 11) is 0. The van der Waals surface area contributed by atoms with Crippen molar-refractivity contribution >= 4 is 16.9 Å². The molecule has 1 heterocycles. The normalized spacial score (nSPS) is 15.3. The van der Waals surface area contributed by atoms with Gasteiger partial charge in [-0.2, -0.15) is 0 Å².